The second-order valence-corrected chi connectivity index (χ2v) is 5.42. The van der Waals surface area contributed by atoms with E-state index in [0.717, 1.165) is 16.3 Å². The number of amides is 1. The van der Waals surface area contributed by atoms with Crippen molar-refractivity contribution in [3.05, 3.63) is 71.8 Å². The number of fused-ring (bicyclic) bond motifs is 1. The predicted octanol–water partition coefficient (Wildman–Crippen LogP) is 1.57. The fourth-order valence-electron chi connectivity index (χ4n) is 2.47. The first-order valence-electron chi connectivity index (χ1n) is 7.44. The molecule has 0 radical (unpaired) electrons. The molecule has 0 heterocycles. The van der Waals surface area contributed by atoms with Crippen molar-refractivity contribution in [2.45, 2.75) is 0 Å². The number of hydrogen-bond donors (Lipinski definition) is 3. The van der Waals surface area contributed by atoms with E-state index in [1.165, 1.54) is 0 Å². The zero-order valence-electron chi connectivity index (χ0n) is 13.2. The van der Waals surface area contributed by atoms with Gasteiger partial charge in [0.15, 0.2) is 0 Å². The quantitative estimate of drug-likeness (QED) is 0.503. The Balaban J connectivity index is 1.85. The number of anilines is 1. The molecule has 3 aromatic carbocycles. The molecule has 0 aliphatic heterocycles. The Bertz CT molecular complexity index is 935. The Labute approximate surface area is 139 Å². The molecule has 3 rings (SSSR count). The molecule has 0 saturated heterocycles. The van der Waals surface area contributed by atoms with Crippen LogP contribution < -0.4 is 21.2 Å². The lowest BCUT2D eigenvalue weighted by Crippen LogP contribution is -2.46. The van der Waals surface area contributed by atoms with E-state index >= 15 is 0 Å². The maximum atomic E-state index is 12.4. The summed E-state index contributed by atoms with van der Waals surface area (Å²) in [6.07, 6.45) is 0. The number of nitrogens with two attached hydrogens (primary N) is 2. The van der Waals surface area contributed by atoms with E-state index in [1.54, 1.807) is 31.4 Å². The molecule has 0 atom stereocenters. The second-order valence-electron chi connectivity index (χ2n) is 5.42. The lowest BCUT2D eigenvalue weighted by atomic mass is 10.1. The molecule has 1 amide bonds. The average Bonchev–Trinajstić information content (AvgIpc) is 2.61. The maximum Gasteiger partial charge on any atom is 0.270 e. The number of ether oxygens (including phenoxy) is 1. The zero-order chi connectivity index (χ0) is 17.1. The van der Waals surface area contributed by atoms with Crippen molar-refractivity contribution in [1.82, 2.24) is 0 Å². The smallest absolute Gasteiger partial charge is 0.270 e. The molecular formula is C19H18N3O2+. The Morgan fingerprint density at radius 3 is 2.50 bits per heavy atom. The summed E-state index contributed by atoms with van der Waals surface area (Å²) >= 11 is 0. The van der Waals surface area contributed by atoms with Crippen molar-refractivity contribution in [1.29, 1.82) is 0 Å². The molecule has 5 N–H and O–H groups in total. The van der Waals surface area contributed by atoms with Gasteiger partial charge in [-0.15, -0.1) is 0 Å². The highest BCUT2D eigenvalue weighted by atomic mass is 16.5. The van der Waals surface area contributed by atoms with Gasteiger partial charge in [0, 0.05) is 11.3 Å². The Morgan fingerprint density at radius 1 is 1.00 bits per heavy atom. The van der Waals surface area contributed by atoms with Crippen LogP contribution in [0.15, 0.2) is 60.7 Å². The SMILES string of the molecule is COc1cccc(C(=O)Nc2ccc3cc(C(N)=[NH2+])ccc3c2)c1. The van der Waals surface area contributed by atoms with Crippen molar-refractivity contribution < 1.29 is 14.9 Å². The molecule has 0 fully saturated rings. The number of carbonyl (C=O) groups excluding carboxylic acids is 1. The lowest BCUT2D eigenvalue weighted by Gasteiger charge is -2.08. The Morgan fingerprint density at radius 2 is 1.75 bits per heavy atom. The molecule has 24 heavy (non-hydrogen) atoms. The molecule has 3 aromatic rings. The first-order chi connectivity index (χ1) is 11.6. The van der Waals surface area contributed by atoms with Gasteiger partial charge in [-0.2, -0.15) is 0 Å². The normalized spacial score (nSPS) is 10.4. The molecule has 0 aliphatic carbocycles. The third-order valence-electron chi connectivity index (χ3n) is 3.76. The summed E-state index contributed by atoms with van der Waals surface area (Å²) in [5, 5.41) is 10.5. The van der Waals surface area contributed by atoms with Gasteiger partial charge in [0.25, 0.3) is 11.7 Å². The number of amidine groups is 1. The van der Waals surface area contributed by atoms with Crippen LogP contribution in [0.25, 0.3) is 10.8 Å². The van der Waals surface area contributed by atoms with Gasteiger partial charge in [-0.05, 0) is 53.2 Å². The number of hydrogen-bond acceptors (Lipinski definition) is 2. The highest BCUT2D eigenvalue weighted by Crippen LogP contribution is 2.21. The van der Waals surface area contributed by atoms with Crippen molar-refractivity contribution in [3.8, 4) is 5.75 Å². The van der Waals surface area contributed by atoms with Crippen molar-refractivity contribution in [2.75, 3.05) is 12.4 Å². The third kappa shape index (κ3) is 3.20. The van der Waals surface area contributed by atoms with Crippen molar-refractivity contribution in [3.63, 3.8) is 0 Å². The van der Waals surface area contributed by atoms with Crippen LogP contribution in [-0.4, -0.2) is 18.9 Å². The van der Waals surface area contributed by atoms with Gasteiger partial charge in [0.05, 0.1) is 12.7 Å². The van der Waals surface area contributed by atoms with E-state index in [1.807, 2.05) is 36.4 Å². The minimum Gasteiger partial charge on any atom is -0.497 e. The summed E-state index contributed by atoms with van der Waals surface area (Å²) in [6, 6.07) is 18.4. The minimum absolute atomic E-state index is 0.190. The molecule has 0 spiro atoms. The van der Waals surface area contributed by atoms with E-state index in [0.29, 0.717) is 17.0 Å². The van der Waals surface area contributed by atoms with Crippen LogP contribution in [0.4, 0.5) is 5.69 Å². The summed E-state index contributed by atoms with van der Waals surface area (Å²) in [6.45, 7) is 0. The molecular weight excluding hydrogens is 302 g/mol. The fourth-order valence-corrected chi connectivity index (χ4v) is 2.47. The van der Waals surface area contributed by atoms with Gasteiger partial charge in [0.1, 0.15) is 5.75 Å². The summed E-state index contributed by atoms with van der Waals surface area (Å²) in [5.74, 6) is 0.737. The van der Waals surface area contributed by atoms with Crippen LogP contribution >= 0.6 is 0 Å². The second kappa shape index (κ2) is 6.42. The summed E-state index contributed by atoms with van der Waals surface area (Å²) in [5.41, 5.74) is 7.66. The van der Waals surface area contributed by atoms with Crippen LogP contribution in [0, 0.1) is 0 Å². The van der Waals surface area contributed by atoms with Gasteiger partial charge in [-0.3, -0.25) is 15.9 Å². The van der Waals surface area contributed by atoms with E-state index < -0.39 is 0 Å². The molecule has 5 heteroatoms. The largest absolute Gasteiger partial charge is 0.497 e. The van der Waals surface area contributed by atoms with Crippen LogP contribution in [0.2, 0.25) is 0 Å². The van der Waals surface area contributed by atoms with E-state index in [4.69, 9.17) is 15.9 Å². The van der Waals surface area contributed by atoms with Gasteiger partial charge in [-0.25, -0.2) is 0 Å². The first-order valence-corrected chi connectivity index (χ1v) is 7.44. The third-order valence-corrected chi connectivity index (χ3v) is 3.76. The standard InChI is InChI=1S/C19H17N3O2/c1-24-17-4-2-3-15(11-17)19(23)22-16-8-7-12-9-14(18(20)21)6-5-13(12)10-16/h2-11H,1H3,(H3,20,21)(H,22,23)/p+1. The van der Waals surface area contributed by atoms with Crippen LogP contribution in [0.3, 0.4) is 0 Å². The zero-order valence-corrected chi connectivity index (χ0v) is 13.2. The molecule has 0 unspecified atom stereocenters. The summed E-state index contributed by atoms with van der Waals surface area (Å²) in [4.78, 5) is 12.4. The van der Waals surface area contributed by atoms with Crippen LogP contribution in [0.5, 0.6) is 5.75 Å². The molecule has 0 aliphatic rings. The monoisotopic (exact) mass is 320 g/mol. The summed E-state index contributed by atoms with van der Waals surface area (Å²) < 4.78 is 5.14. The number of rotatable bonds is 4. The van der Waals surface area contributed by atoms with Crippen molar-refractivity contribution in [2.24, 2.45) is 5.73 Å². The average molecular weight is 320 g/mol. The molecule has 0 aromatic heterocycles. The van der Waals surface area contributed by atoms with E-state index in [9.17, 15) is 4.79 Å². The number of carbonyl (C=O) groups is 1. The molecule has 120 valence electrons. The van der Waals surface area contributed by atoms with Crippen LogP contribution in [-0.2, 0) is 0 Å². The Kier molecular flexibility index (Phi) is 4.16. The van der Waals surface area contributed by atoms with Gasteiger partial charge in [0.2, 0.25) is 0 Å². The van der Waals surface area contributed by atoms with Gasteiger partial charge >= 0.3 is 0 Å². The number of benzene rings is 3. The summed E-state index contributed by atoms with van der Waals surface area (Å²) in [7, 11) is 1.57. The minimum atomic E-state index is -0.190. The molecule has 5 nitrogen and oxygen atoms in total. The highest BCUT2D eigenvalue weighted by Gasteiger charge is 2.08. The molecule has 0 saturated carbocycles. The highest BCUT2D eigenvalue weighted by molar-refractivity contribution is 6.05. The van der Waals surface area contributed by atoms with E-state index in [2.05, 4.69) is 5.32 Å². The lowest BCUT2D eigenvalue weighted by molar-refractivity contribution is -0.114. The number of methoxy groups -OCH3 is 1. The number of nitrogens with one attached hydrogen (secondary N) is 1. The Hall–Kier alpha value is -3.34. The predicted molar refractivity (Wildman–Crippen MR) is 95.1 cm³/mol. The fraction of sp³-hybridized carbons (Fsp3) is 0.0526. The van der Waals surface area contributed by atoms with E-state index in [-0.39, 0.29) is 11.7 Å². The van der Waals surface area contributed by atoms with Crippen LogP contribution in [0.1, 0.15) is 15.9 Å². The molecule has 0 bridgehead atoms. The van der Waals surface area contributed by atoms with Gasteiger partial charge < -0.3 is 10.1 Å². The van der Waals surface area contributed by atoms with Gasteiger partial charge in [-0.1, -0.05) is 18.2 Å². The first kappa shape index (κ1) is 15.6. The van der Waals surface area contributed by atoms with Crippen molar-refractivity contribution >= 4 is 28.2 Å². The topological polar surface area (TPSA) is 89.9 Å². The maximum absolute atomic E-state index is 12.4.